The summed E-state index contributed by atoms with van der Waals surface area (Å²) in [5.74, 6) is 0.896. The maximum absolute atomic E-state index is 4.81. The van der Waals surface area contributed by atoms with Crippen molar-refractivity contribution in [3.05, 3.63) is 134 Å². The summed E-state index contributed by atoms with van der Waals surface area (Å²) in [7, 11) is 0. The smallest absolute Gasteiger partial charge is 0.138 e. The normalized spacial score (nSPS) is 11.7. The van der Waals surface area contributed by atoms with Crippen molar-refractivity contribution in [1.82, 2.24) is 19.1 Å². The molecular formula is C34H22N4. The van der Waals surface area contributed by atoms with Crippen molar-refractivity contribution in [3.8, 4) is 22.6 Å². The molecule has 0 fully saturated rings. The number of hydrogen-bond acceptors (Lipinski definition) is 2. The van der Waals surface area contributed by atoms with Gasteiger partial charge in [0, 0.05) is 52.2 Å². The minimum Gasteiger partial charge on any atom is -0.317 e. The van der Waals surface area contributed by atoms with E-state index in [-0.39, 0.29) is 0 Å². The van der Waals surface area contributed by atoms with E-state index < -0.39 is 0 Å². The zero-order chi connectivity index (χ0) is 25.1. The molecule has 0 aliphatic rings. The second kappa shape index (κ2) is 8.15. The third-order valence-corrected chi connectivity index (χ3v) is 7.44. The van der Waals surface area contributed by atoms with Crippen molar-refractivity contribution in [2.45, 2.75) is 0 Å². The Bertz CT molecular complexity index is 2120. The molecule has 4 heterocycles. The fraction of sp³-hybridized carbons (Fsp3) is 0. The number of aromatic nitrogens is 4. The first-order valence-electron chi connectivity index (χ1n) is 12.7. The standard InChI is InChI=1S/C34H22N4/c1-2-8-28(9-3-1)37-16-13-24-17-26-20-33-30(18-27(26)19-32(24)37)29-10-4-5-11-31(29)38(33)34-21-23(12-15-36-34)25-7-6-14-35-22-25/h1-22H. The van der Waals surface area contributed by atoms with E-state index in [9.17, 15) is 0 Å². The van der Waals surface area contributed by atoms with Crippen LogP contribution in [0.4, 0.5) is 0 Å². The van der Waals surface area contributed by atoms with Gasteiger partial charge in [0.2, 0.25) is 0 Å². The number of nitrogens with zero attached hydrogens (tertiary/aromatic N) is 4. The second-order valence-corrected chi connectivity index (χ2v) is 9.65. The van der Waals surface area contributed by atoms with Crippen LogP contribution in [0.5, 0.6) is 0 Å². The van der Waals surface area contributed by atoms with Gasteiger partial charge in [0.05, 0.1) is 16.6 Å². The van der Waals surface area contributed by atoms with Crippen LogP contribution in [0.1, 0.15) is 0 Å². The van der Waals surface area contributed by atoms with E-state index in [1.165, 1.54) is 38.1 Å². The van der Waals surface area contributed by atoms with E-state index in [1.54, 1.807) is 6.20 Å². The van der Waals surface area contributed by atoms with E-state index in [0.29, 0.717) is 0 Å². The molecule has 0 saturated carbocycles. The summed E-state index contributed by atoms with van der Waals surface area (Å²) in [4.78, 5) is 9.12. The van der Waals surface area contributed by atoms with E-state index in [4.69, 9.17) is 4.98 Å². The zero-order valence-corrected chi connectivity index (χ0v) is 20.5. The lowest BCUT2D eigenvalue weighted by Crippen LogP contribution is -1.97. The van der Waals surface area contributed by atoms with Crippen molar-refractivity contribution >= 4 is 43.5 Å². The maximum Gasteiger partial charge on any atom is 0.138 e. The largest absolute Gasteiger partial charge is 0.317 e. The molecule has 0 atom stereocenters. The second-order valence-electron chi connectivity index (χ2n) is 9.65. The Morgan fingerprint density at radius 2 is 1.37 bits per heavy atom. The Balaban J connectivity index is 1.39. The van der Waals surface area contributed by atoms with Gasteiger partial charge in [0.25, 0.3) is 0 Å². The van der Waals surface area contributed by atoms with Crippen molar-refractivity contribution in [3.63, 3.8) is 0 Å². The number of para-hydroxylation sites is 2. The van der Waals surface area contributed by atoms with Gasteiger partial charge >= 0.3 is 0 Å². The van der Waals surface area contributed by atoms with Gasteiger partial charge in [-0.25, -0.2) is 4.98 Å². The van der Waals surface area contributed by atoms with E-state index >= 15 is 0 Å². The van der Waals surface area contributed by atoms with Crippen molar-refractivity contribution in [2.24, 2.45) is 0 Å². The van der Waals surface area contributed by atoms with Gasteiger partial charge in [-0.15, -0.1) is 0 Å². The highest BCUT2D eigenvalue weighted by atomic mass is 15.1. The summed E-state index contributed by atoms with van der Waals surface area (Å²) in [5.41, 5.74) is 6.84. The summed E-state index contributed by atoms with van der Waals surface area (Å²) in [5, 5.41) is 6.10. The molecule has 0 spiro atoms. The van der Waals surface area contributed by atoms with Gasteiger partial charge in [-0.05, 0) is 83.1 Å². The van der Waals surface area contributed by atoms with Crippen LogP contribution in [0.3, 0.4) is 0 Å². The van der Waals surface area contributed by atoms with Crippen LogP contribution < -0.4 is 0 Å². The Hall–Kier alpha value is -5.22. The van der Waals surface area contributed by atoms with Crippen LogP contribution in [-0.2, 0) is 0 Å². The van der Waals surface area contributed by atoms with Gasteiger partial charge in [-0.1, -0.05) is 42.5 Å². The van der Waals surface area contributed by atoms with Crippen LogP contribution >= 0.6 is 0 Å². The monoisotopic (exact) mass is 486 g/mol. The molecule has 0 amide bonds. The predicted octanol–water partition coefficient (Wildman–Crippen LogP) is 8.34. The fourth-order valence-corrected chi connectivity index (χ4v) is 5.66. The highest BCUT2D eigenvalue weighted by Gasteiger charge is 2.15. The molecule has 0 unspecified atom stereocenters. The molecule has 4 heteroatoms. The molecule has 178 valence electrons. The summed E-state index contributed by atoms with van der Waals surface area (Å²) in [6.45, 7) is 0. The molecule has 38 heavy (non-hydrogen) atoms. The molecule has 0 aliphatic heterocycles. The Morgan fingerprint density at radius 1 is 0.526 bits per heavy atom. The van der Waals surface area contributed by atoms with Crippen molar-refractivity contribution in [2.75, 3.05) is 0 Å². The minimum absolute atomic E-state index is 0.896. The lowest BCUT2D eigenvalue weighted by atomic mass is 10.0. The average molecular weight is 487 g/mol. The molecule has 0 saturated heterocycles. The first-order chi connectivity index (χ1) is 18.8. The van der Waals surface area contributed by atoms with Gasteiger partial charge in [-0.2, -0.15) is 0 Å². The molecule has 4 aromatic heterocycles. The molecule has 0 aliphatic carbocycles. The van der Waals surface area contributed by atoms with Crippen LogP contribution in [-0.4, -0.2) is 19.1 Å². The number of rotatable bonds is 3. The van der Waals surface area contributed by atoms with Gasteiger partial charge in [0.1, 0.15) is 5.82 Å². The summed E-state index contributed by atoms with van der Waals surface area (Å²) in [6, 6.07) is 38.8. The Morgan fingerprint density at radius 3 is 2.26 bits per heavy atom. The topological polar surface area (TPSA) is 35.6 Å². The molecule has 0 N–H and O–H groups in total. The van der Waals surface area contributed by atoms with E-state index in [2.05, 4.69) is 117 Å². The van der Waals surface area contributed by atoms with Gasteiger partial charge in [0.15, 0.2) is 0 Å². The summed E-state index contributed by atoms with van der Waals surface area (Å²) < 4.78 is 4.54. The first kappa shape index (κ1) is 20.9. The maximum atomic E-state index is 4.81. The van der Waals surface area contributed by atoms with Crippen LogP contribution in [0.2, 0.25) is 0 Å². The first-order valence-corrected chi connectivity index (χ1v) is 12.7. The van der Waals surface area contributed by atoms with E-state index in [1.807, 2.05) is 24.5 Å². The number of fused-ring (bicyclic) bond motifs is 5. The highest BCUT2D eigenvalue weighted by molar-refractivity contribution is 6.14. The molecule has 4 aromatic carbocycles. The number of hydrogen-bond donors (Lipinski definition) is 0. The quantitative estimate of drug-likeness (QED) is 0.252. The number of pyridine rings is 2. The third kappa shape index (κ3) is 3.17. The number of benzene rings is 4. The predicted molar refractivity (Wildman–Crippen MR) is 156 cm³/mol. The minimum atomic E-state index is 0.896. The van der Waals surface area contributed by atoms with Crippen LogP contribution in [0, 0.1) is 0 Å². The van der Waals surface area contributed by atoms with Gasteiger partial charge < -0.3 is 4.57 Å². The molecule has 8 aromatic rings. The van der Waals surface area contributed by atoms with Crippen LogP contribution in [0.15, 0.2) is 134 Å². The molecular weight excluding hydrogens is 464 g/mol. The fourth-order valence-electron chi connectivity index (χ4n) is 5.66. The highest BCUT2D eigenvalue weighted by Crippen LogP contribution is 2.36. The zero-order valence-electron chi connectivity index (χ0n) is 20.5. The Kier molecular flexibility index (Phi) is 4.49. The average Bonchev–Trinajstić information content (AvgIpc) is 3.54. The molecule has 4 nitrogen and oxygen atoms in total. The third-order valence-electron chi connectivity index (χ3n) is 7.44. The van der Waals surface area contributed by atoms with E-state index in [0.717, 1.165) is 28.0 Å². The summed E-state index contributed by atoms with van der Waals surface area (Å²) >= 11 is 0. The summed E-state index contributed by atoms with van der Waals surface area (Å²) in [6.07, 6.45) is 7.73. The SMILES string of the molecule is c1ccc(-n2ccc3cc4cc5c(cc4cc32)c2ccccc2n5-c2cc(-c3cccnc3)ccn2)cc1. The van der Waals surface area contributed by atoms with Crippen molar-refractivity contribution in [1.29, 1.82) is 0 Å². The lowest BCUT2D eigenvalue weighted by Gasteiger charge is -2.10. The Labute approximate surface area is 219 Å². The molecule has 8 rings (SSSR count). The molecule has 0 radical (unpaired) electrons. The lowest BCUT2D eigenvalue weighted by molar-refractivity contribution is 1.08. The van der Waals surface area contributed by atoms with Crippen molar-refractivity contribution < 1.29 is 0 Å². The van der Waals surface area contributed by atoms with Crippen LogP contribution in [0.25, 0.3) is 66.1 Å². The van der Waals surface area contributed by atoms with Gasteiger partial charge in [-0.3, -0.25) is 9.55 Å². The molecule has 0 bridgehead atoms.